The average Bonchev–Trinajstić information content (AvgIpc) is 3.21. The van der Waals surface area contributed by atoms with Gasteiger partial charge >= 0.3 is 6.36 Å². The number of methoxy groups -OCH3 is 1. The second-order valence-corrected chi connectivity index (χ2v) is 7.46. The minimum absolute atomic E-state index is 0.225. The van der Waals surface area contributed by atoms with Gasteiger partial charge in [-0.2, -0.15) is 4.98 Å². The Hall–Kier alpha value is -4.07. The maximum absolute atomic E-state index is 14.8. The number of aromatic nitrogens is 2. The number of fused-ring (bicyclic) bond motifs is 1. The lowest BCUT2D eigenvalue weighted by atomic mass is 9.96. The zero-order valence-electron chi connectivity index (χ0n) is 18.1. The fraction of sp³-hybridized carbons (Fsp3) is 0.261. The third kappa shape index (κ3) is 4.66. The van der Waals surface area contributed by atoms with E-state index in [9.17, 15) is 17.6 Å². The van der Waals surface area contributed by atoms with Crippen LogP contribution in [0, 0.1) is 12.4 Å². The molecule has 1 aliphatic carbocycles. The third-order valence-corrected chi connectivity index (χ3v) is 5.43. The van der Waals surface area contributed by atoms with E-state index in [2.05, 4.69) is 30.2 Å². The molecule has 0 saturated carbocycles. The van der Waals surface area contributed by atoms with Gasteiger partial charge in [-0.1, -0.05) is 12.1 Å². The van der Waals surface area contributed by atoms with Gasteiger partial charge in [0.05, 0.1) is 19.4 Å². The fourth-order valence-electron chi connectivity index (χ4n) is 3.99. The smallest absolute Gasteiger partial charge is 0.508 e. The SMILES string of the molecule is [C-]#[N+]c1ccc(Nc2nc(NC)c3c(n2)C(c2ccc(OC(F)(F)F)cc2F)CC3)cc1OC. The van der Waals surface area contributed by atoms with Crippen molar-refractivity contribution >= 4 is 23.1 Å². The second-order valence-electron chi connectivity index (χ2n) is 7.46. The van der Waals surface area contributed by atoms with Crippen molar-refractivity contribution in [2.24, 2.45) is 0 Å². The minimum Gasteiger partial charge on any atom is -0.508 e. The topological polar surface area (TPSA) is 72.7 Å². The van der Waals surface area contributed by atoms with Gasteiger partial charge in [0.1, 0.15) is 23.1 Å². The van der Waals surface area contributed by atoms with Gasteiger partial charge in [-0.05, 0) is 36.6 Å². The normalized spacial score (nSPS) is 14.8. The standard InChI is InChI=1S/C23H19F4N5O2/c1-28-18-9-4-12(10-19(18)33-3)30-22-31-20-15(7-8-16(20)21(29-2)32-22)14-6-5-13(11-17(14)24)34-23(25,26)27/h4-6,9-11,15H,7-8H2,2-3H3,(H2,29,30,31,32). The van der Waals surface area contributed by atoms with Gasteiger partial charge in [0, 0.05) is 30.3 Å². The van der Waals surface area contributed by atoms with Crippen LogP contribution in [-0.4, -0.2) is 30.5 Å². The summed E-state index contributed by atoms with van der Waals surface area (Å²) in [4.78, 5) is 12.5. The Labute approximate surface area is 192 Å². The monoisotopic (exact) mass is 473 g/mol. The van der Waals surface area contributed by atoms with E-state index < -0.39 is 23.8 Å². The van der Waals surface area contributed by atoms with Gasteiger partial charge in [-0.15, -0.1) is 13.2 Å². The molecule has 176 valence electrons. The first kappa shape index (κ1) is 23.1. The summed E-state index contributed by atoms with van der Waals surface area (Å²) >= 11 is 0. The summed E-state index contributed by atoms with van der Waals surface area (Å²) in [6.45, 7) is 7.19. The lowest BCUT2D eigenvalue weighted by Gasteiger charge is -2.16. The van der Waals surface area contributed by atoms with E-state index in [0.717, 1.165) is 17.7 Å². The Bertz CT molecular complexity index is 1270. The summed E-state index contributed by atoms with van der Waals surface area (Å²) in [6.07, 6.45) is -3.81. The predicted molar refractivity (Wildman–Crippen MR) is 117 cm³/mol. The quantitative estimate of drug-likeness (QED) is 0.341. The number of benzene rings is 2. The van der Waals surface area contributed by atoms with E-state index in [0.29, 0.717) is 41.5 Å². The number of halogens is 4. The van der Waals surface area contributed by atoms with E-state index in [4.69, 9.17) is 11.3 Å². The Morgan fingerprint density at radius 1 is 1.15 bits per heavy atom. The van der Waals surface area contributed by atoms with Crippen molar-refractivity contribution in [3.05, 3.63) is 70.5 Å². The van der Waals surface area contributed by atoms with Crippen LogP contribution in [0.4, 0.5) is 40.7 Å². The molecule has 1 atom stereocenters. The lowest BCUT2D eigenvalue weighted by molar-refractivity contribution is -0.274. The van der Waals surface area contributed by atoms with Gasteiger partial charge in [0.25, 0.3) is 0 Å². The van der Waals surface area contributed by atoms with Crippen LogP contribution in [0.25, 0.3) is 4.85 Å². The molecule has 1 heterocycles. The molecule has 0 amide bonds. The van der Waals surface area contributed by atoms with Gasteiger partial charge in [0.2, 0.25) is 11.6 Å². The largest absolute Gasteiger partial charge is 0.573 e. The number of nitrogens with one attached hydrogen (secondary N) is 2. The molecule has 0 fully saturated rings. The molecule has 2 aromatic carbocycles. The minimum atomic E-state index is -4.90. The summed E-state index contributed by atoms with van der Waals surface area (Å²) < 4.78 is 61.3. The van der Waals surface area contributed by atoms with Gasteiger partial charge in [0.15, 0.2) is 0 Å². The predicted octanol–water partition coefficient (Wildman–Crippen LogP) is 5.94. The molecular formula is C23H19F4N5O2. The van der Waals surface area contributed by atoms with Crippen LogP contribution in [0.15, 0.2) is 36.4 Å². The molecule has 0 spiro atoms. The number of hydrogen-bond acceptors (Lipinski definition) is 6. The van der Waals surface area contributed by atoms with Crippen molar-refractivity contribution in [2.45, 2.75) is 25.1 Å². The highest BCUT2D eigenvalue weighted by atomic mass is 19.4. The zero-order valence-corrected chi connectivity index (χ0v) is 18.1. The number of alkyl halides is 3. The molecule has 0 saturated heterocycles. The van der Waals surface area contributed by atoms with Crippen molar-refractivity contribution in [3.8, 4) is 11.5 Å². The first-order chi connectivity index (χ1) is 16.2. The molecule has 4 rings (SSSR count). The van der Waals surface area contributed by atoms with Crippen LogP contribution in [-0.2, 0) is 6.42 Å². The second kappa shape index (κ2) is 9.05. The first-order valence-electron chi connectivity index (χ1n) is 10.2. The Balaban J connectivity index is 1.68. The third-order valence-electron chi connectivity index (χ3n) is 5.43. The zero-order chi connectivity index (χ0) is 24.5. The molecular weight excluding hydrogens is 454 g/mol. The number of anilines is 3. The molecule has 0 bridgehead atoms. The van der Waals surface area contributed by atoms with Crippen molar-refractivity contribution in [1.82, 2.24) is 9.97 Å². The highest BCUT2D eigenvalue weighted by Crippen LogP contribution is 2.42. The molecule has 0 aliphatic heterocycles. The highest BCUT2D eigenvalue weighted by Gasteiger charge is 2.33. The van der Waals surface area contributed by atoms with Crippen LogP contribution in [0.2, 0.25) is 0 Å². The van der Waals surface area contributed by atoms with E-state index in [-0.39, 0.29) is 11.5 Å². The molecule has 3 aromatic rings. The van der Waals surface area contributed by atoms with E-state index in [1.165, 1.54) is 13.2 Å². The summed E-state index contributed by atoms with van der Waals surface area (Å²) in [5.74, 6) is -0.703. The summed E-state index contributed by atoms with van der Waals surface area (Å²) in [5.41, 5.74) is 2.56. The van der Waals surface area contributed by atoms with Gasteiger partial charge in [-0.3, -0.25) is 0 Å². The van der Waals surface area contributed by atoms with E-state index in [1.54, 1.807) is 25.2 Å². The van der Waals surface area contributed by atoms with Crippen LogP contribution in [0.5, 0.6) is 11.5 Å². The van der Waals surface area contributed by atoms with Crippen molar-refractivity contribution in [2.75, 3.05) is 24.8 Å². The number of rotatable bonds is 6. The summed E-state index contributed by atoms with van der Waals surface area (Å²) in [5, 5.41) is 6.09. The molecule has 7 nitrogen and oxygen atoms in total. The number of ether oxygens (including phenoxy) is 2. The van der Waals surface area contributed by atoms with Crippen molar-refractivity contribution in [3.63, 3.8) is 0 Å². The van der Waals surface area contributed by atoms with Crippen LogP contribution in [0.1, 0.15) is 29.2 Å². The average molecular weight is 473 g/mol. The van der Waals surface area contributed by atoms with Gasteiger partial charge < -0.3 is 20.1 Å². The molecule has 1 aromatic heterocycles. The van der Waals surface area contributed by atoms with Crippen LogP contribution < -0.4 is 20.1 Å². The molecule has 2 N–H and O–H groups in total. The fourth-order valence-corrected chi connectivity index (χ4v) is 3.99. The van der Waals surface area contributed by atoms with Gasteiger partial charge in [-0.25, -0.2) is 14.2 Å². The van der Waals surface area contributed by atoms with Crippen molar-refractivity contribution < 1.29 is 27.0 Å². The molecule has 34 heavy (non-hydrogen) atoms. The van der Waals surface area contributed by atoms with E-state index >= 15 is 0 Å². The Kier molecular flexibility index (Phi) is 6.15. The Morgan fingerprint density at radius 3 is 2.59 bits per heavy atom. The first-order valence-corrected chi connectivity index (χ1v) is 10.2. The molecule has 1 aliphatic rings. The molecule has 0 radical (unpaired) electrons. The van der Waals surface area contributed by atoms with Crippen LogP contribution in [0.3, 0.4) is 0 Å². The Morgan fingerprint density at radius 2 is 1.94 bits per heavy atom. The highest BCUT2D eigenvalue weighted by molar-refractivity contribution is 5.67. The number of hydrogen-bond donors (Lipinski definition) is 2. The van der Waals surface area contributed by atoms with Crippen LogP contribution >= 0.6 is 0 Å². The number of nitrogens with zero attached hydrogens (tertiary/aromatic N) is 3. The van der Waals surface area contributed by atoms with E-state index in [1.807, 2.05) is 0 Å². The summed E-state index contributed by atoms with van der Waals surface area (Å²) in [7, 11) is 3.17. The maximum Gasteiger partial charge on any atom is 0.573 e. The molecule has 11 heteroatoms. The maximum atomic E-state index is 14.8. The lowest BCUT2D eigenvalue weighted by Crippen LogP contribution is -2.17. The summed E-state index contributed by atoms with van der Waals surface area (Å²) in [6, 6.07) is 8.03. The van der Waals surface area contributed by atoms with Crippen molar-refractivity contribution in [1.29, 1.82) is 0 Å². The molecule has 1 unspecified atom stereocenters.